The Hall–Kier alpha value is -0.260. The first kappa shape index (κ1) is 14.8. The summed E-state index contributed by atoms with van der Waals surface area (Å²) in [7, 11) is 0. The fourth-order valence-corrected chi connectivity index (χ4v) is 3.41. The molecule has 1 rings (SSSR count). The second-order valence-corrected chi connectivity index (χ2v) is 6.26. The third-order valence-corrected chi connectivity index (χ3v) is 3.80. The van der Waals surface area contributed by atoms with Crippen molar-refractivity contribution in [2.75, 3.05) is 39.5 Å². The monoisotopic (exact) mass is 261 g/mol. The lowest BCUT2D eigenvalue weighted by Crippen LogP contribution is -2.42. The van der Waals surface area contributed by atoms with E-state index in [0.29, 0.717) is 23.7 Å². The Balaban J connectivity index is 2.08. The molecule has 0 radical (unpaired) electrons. The number of nitrogens with zero attached hydrogens (tertiary/aromatic N) is 1. The van der Waals surface area contributed by atoms with Crippen molar-refractivity contribution >= 4 is 17.7 Å². The predicted octanol–water partition coefficient (Wildman–Crippen LogP) is 1.39. The number of thioether (sulfide) groups is 1. The minimum absolute atomic E-state index is 0.0710. The lowest BCUT2D eigenvalue weighted by atomic mass is 10.3. The zero-order valence-corrected chi connectivity index (χ0v) is 11.8. The molecule has 100 valence electrons. The van der Waals surface area contributed by atoms with Crippen LogP contribution in [0.4, 0.5) is 0 Å². The Labute approximate surface area is 108 Å². The Bertz CT molecular complexity index is 228. The van der Waals surface area contributed by atoms with Gasteiger partial charge in [-0.1, -0.05) is 13.8 Å². The highest BCUT2D eigenvalue weighted by Crippen LogP contribution is 2.24. The SMILES string of the molecule is CCOC(=O)COCCN1CC(C)SC(C)C1. The summed E-state index contributed by atoms with van der Waals surface area (Å²) < 4.78 is 10.1. The van der Waals surface area contributed by atoms with Crippen LogP contribution in [-0.2, 0) is 14.3 Å². The molecule has 1 saturated heterocycles. The molecule has 1 aliphatic heterocycles. The third-order valence-electron chi connectivity index (χ3n) is 2.57. The molecule has 0 amide bonds. The van der Waals surface area contributed by atoms with E-state index in [-0.39, 0.29) is 12.6 Å². The molecule has 4 nitrogen and oxygen atoms in total. The van der Waals surface area contributed by atoms with Crippen molar-refractivity contribution in [3.63, 3.8) is 0 Å². The lowest BCUT2D eigenvalue weighted by molar-refractivity contribution is -0.148. The molecule has 0 aromatic heterocycles. The Kier molecular flexibility index (Phi) is 6.92. The second-order valence-electron chi connectivity index (χ2n) is 4.37. The van der Waals surface area contributed by atoms with Gasteiger partial charge in [-0.25, -0.2) is 4.79 Å². The molecule has 1 aliphatic rings. The van der Waals surface area contributed by atoms with E-state index in [9.17, 15) is 4.79 Å². The molecule has 5 heteroatoms. The van der Waals surface area contributed by atoms with E-state index < -0.39 is 0 Å². The first-order valence-electron chi connectivity index (χ1n) is 6.23. The summed E-state index contributed by atoms with van der Waals surface area (Å²) in [6, 6.07) is 0. The van der Waals surface area contributed by atoms with Crippen LogP contribution in [0.5, 0.6) is 0 Å². The topological polar surface area (TPSA) is 38.8 Å². The Morgan fingerprint density at radius 1 is 1.35 bits per heavy atom. The van der Waals surface area contributed by atoms with Crippen molar-refractivity contribution in [3.05, 3.63) is 0 Å². The maximum Gasteiger partial charge on any atom is 0.332 e. The molecule has 0 aromatic rings. The van der Waals surface area contributed by atoms with Gasteiger partial charge in [-0.3, -0.25) is 4.90 Å². The zero-order chi connectivity index (χ0) is 12.7. The molecular weight excluding hydrogens is 238 g/mol. The standard InChI is InChI=1S/C12H23NO3S/c1-4-16-12(14)9-15-6-5-13-7-10(2)17-11(3)8-13/h10-11H,4-9H2,1-3H3. The molecule has 17 heavy (non-hydrogen) atoms. The fraction of sp³-hybridized carbons (Fsp3) is 0.917. The van der Waals surface area contributed by atoms with Crippen molar-refractivity contribution in [2.24, 2.45) is 0 Å². The van der Waals surface area contributed by atoms with E-state index in [1.165, 1.54) is 0 Å². The van der Waals surface area contributed by atoms with Crippen LogP contribution in [0.25, 0.3) is 0 Å². The molecule has 2 atom stereocenters. The van der Waals surface area contributed by atoms with Crippen LogP contribution in [0.3, 0.4) is 0 Å². The average Bonchev–Trinajstić information content (AvgIpc) is 2.23. The van der Waals surface area contributed by atoms with Gasteiger partial charge in [0.05, 0.1) is 13.2 Å². The van der Waals surface area contributed by atoms with Crippen LogP contribution in [0.1, 0.15) is 20.8 Å². The molecule has 0 saturated carbocycles. The van der Waals surface area contributed by atoms with Crippen molar-refractivity contribution < 1.29 is 14.3 Å². The molecule has 1 fully saturated rings. The largest absolute Gasteiger partial charge is 0.464 e. The molecule has 0 aromatic carbocycles. The summed E-state index contributed by atoms with van der Waals surface area (Å²) in [4.78, 5) is 13.4. The highest BCUT2D eigenvalue weighted by molar-refractivity contribution is 8.00. The van der Waals surface area contributed by atoms with Crippen LogP contribution >= 0.6 is 11.8 Å². The van der Waals surface area contributed by atoms with Crippen molar-refractivity contribution in [1.29, 1.82) is 0 Å². The Morgan fingerprint density at radius 2 is 2.00 bits per heavy atom. The molecular formula is C12H23NO3S. The van der Waals surface area contributed by atoms with Gasteiger partial charge in [0.2, 0.25) is 0 Å². The summed E-state index contributed by atoms with van der Waals surface area (Å²) in [5.74, 6) is -0.275. The van der Waals surface area contributed by atoms with E-state index in [2.05, 4.69) is 18.7 Å². The van der Waals surface area contributed by atoms with Gasteiger partial charge >= 0.3 is 5.97 Å². The van der Waals surface area contributed by atoms with Crippen molar-refractivity contribution in [1.82, 2.24) is 4.90 Å². The maximum absolute atomic E-state index is 11.0. The molecule has 0 bridgehead atoms. The molecule has 1 heterocycles. The number of carbonyl (C=O) groups excluding carboxylic acids is 1. The van der Waals surface area contributed by atoms with Crippen LogP contribution in [0.15, 0.2) is 0 Å². The van der Waals surface area contributed by atoms with E-state index in [0.717, 1.165) is 19.6 Å². The van der Waals surface area contributed by atoms with E-state index in [1.54, 1.807) is 6.92 Å². The number of rotatable bonds is 6. The summed E-state index contributed by atoms with van der Waals surface area (Å²) in [6.07, 6.45) is 0. The van der Waals surface area contributed by atoms with Gasteiger partial charge < -0.3 is 9.47 Å². The van der Waals surface area contributed by atoms with Crippen LogP contribution in [0, 0.1) is 0 Å². The number of ether oxygens (including phenoxy) is 2. The van der Waals surface area contributed by atoms with Gasteiger partial charge in [0.15, 0.2) is 0 Å². The molecule has 0 aliphatic carbocycles. The zero-order valence-electron chi connectivity index (χ0n) is 11.0. The normalized spacial score (nSPS) is 25.8. The Morgan fingerprint density at radius 3 is 2.59 bits per heavy atom. The first-order chi connectivity index (χ1) is 8.11. The smallest absolute Gasteiger partial charge is 0.332 e. The number of esters is 1. The predicted molar refractivity (Wildman–Crippen MR) is 70.4 cm³/mol. The summed E-state index contributed by atoms with van der Waals surface area (Å²) in [5, 5.41) is 1.37. The third kappa shape index (κ3) is 6.29. The minimum atomic E-state index is -0.275. The summed E-state index contributed by atoms with van der Waals surface area (Å²) in [6.45, 7) is 10.5. The van der Waals surface area contributed by atoms with Gasteiger partial charge in [0, 0.05) is 30.1 Å². The van der Waals surface area contributed by atoms with Crippen LogP contribution < -0.4 is 0 Å². The number of carbonyl (C=O) groups is 1. The van der Waals surface area contributed by atoms with Crippen molar-refractivity contribution in [3.8, 4) is 0 Å². The summed E-state index contributed by atoms with van der Waals surface area (Å²) >= 11 is 2.04. The van der Waals surface area contributed by atoms with E-state index in [1.807, 2.05) is 11.8 Å². The van der Waals surface area contributed by atoms with Gasteiger partial charge in [0.1, 0.15) is 6.61 Å². The maximum atomic E-state index is 11.0. The first-order valence-corrected chi connectivity index (χ1v) is 7.17. The van der Waals surface area contributed by atoms with Gasteiger partial charge in [-0.15, -0.1) is 0 Å². The fourth-order valence-electron chi connectivity index (χ4n) is 2.02. The van der Waals surface area contributed by atoms with Crippen LogP contribution in [-0.4, -0.2) is 60.8 Å². The molecule has 0 N–H and O–H groups in total. The van der Waals surface area contributed by atoms with Crippen LogP contribution in [0.2, 0.25) is 0 Å². The van der Waals surface area contributed by atoms with E-state index in [4.69, 9.17) is 9.47 Å². The average molecular weight is 261 g/mol. The second kappa shape index (κ2) is 7.95. The lowest BCUT2D eigenvalue weighted by Gasteiger charge is -2.34. The van der Waals surface area contributed by atoms with Crippen molar-refractivity contribution in [2.45, 2.75) is 31.3 Å². The van der Waals surface area contributed by atoms with Gasteiger partial charge in [-0.2, -0.15) is 11.8 Å². The number of hydrogen-bond donors (Lipinski definition) is 0. The number of hydrogen-bond acceptors (Lipinski definition) is 5. The van der Waals surface area contributed by atoms with Gasteiger partial charge in [0.25, 0.3) is 0 Å². The van der Waals surface area contributed by atoms with E-state index >= 15 is 0 Å². The molecule has 2 unspecified atom stereocenters. The quantitative estimate of drug-likeness (QED) is 0.534. The van der Waals surface area contributed by atoms with Gasteiger partial charge in [-0.05, 0) is 6.92 Å². The summed E-state index contributed by atoms with van der Waals surface area (Å²) in [5.41, 5.74) is 0. The minimum Gasteiger partial charge on any atom is -0.464 e. The highest BCUT2D eigenvalue weighted by atomic mass is 32.2. The highest BCUT2D eigenvalue weighted by Gasteiger charge is 2.21. The molecule has 0 spiro atoms.